The highest BCUT2D eigenvalue weighted by Gasteiger charge is 2.24. The Hall–Kier alpha value is -2.93. The van der Waals surface area contributed by atoms with Crippen molar-refractivity contribution in [3.63, 3.8) is 0 Å². The Labute approximate surface area is 155 Å². The molecule has 0 unspecified atom stereocenters. The molecule has 26 heavy (non-hydrogen) atoms. The Morgan fingerprint density at radius 2 is 1.65 bits per heavy atom. The van der Waals surface area contributed by atoms with E-state index in [0.29, 0.717) is 21.6 Å². The smallest absolute Gasteiger partial charge is 0.264 e. The average Bonchev–Trinajstić information content (AvgIpc) is 3.01. The van der Waals surface area contributed by atoms with Gasteiger partial charge in [0.2, 0.25) is 0 Å². The molecule has 6 nitrogen and oxygen atoms in total. The second-order valence-corrected chi connectivity index (χ2v) is 6.32. The van der Waals surface area contributed by atoms with Gasteiger partial charge in [0.25, 0.3) is 5.91 Å². The number of hydrogen-bond donors (Lipinski definition) is 1. The molecule has 2 aromatic rings. The number of nitrogens with one attached hydrogen (secondary N) is 1. The lowest BCUT2D eigenvalue weighted by Gasteiger charge is -2.07. The Morgan fingerprint density at radius 3 is 2.31 bits per heavy atom. The third kappa shape index (κ3) is 4.00. The summed E-state index contributed by atoms with van der Waals surface area (Å²) in [6.07, 6.45) is 1.76. The van der Waals surface area contributed by atoms with Crippen LogP contribution in [0.1, 0.15) is 5.56 Å². The fourth-order valence-electron chi connectivity index (χ4n) is 2.35. The summed E-state index contributed by atoms with van der Waals surface area (Å²) in [4.78, 5) is 17.2. The number of aliphatic imine (C=N–C) groups is 1. The zero-order valence-corrected chi connectivity index (χ0v) is 15.4. The van der Waals surface area contributed by atoms with Gasteiger partial charge in [-0.25, -0.2) is 4.99 Å². The maximum absolute atomic E-state index is 12.3. The van der Waals surface area contributed by atoms with Gasteiger partial charge >= 0.3 is 0 Å². The van der Waals surface area contributed by atoms with Crippen LogP contribution in [0.3, 0.4) is 0 Å². The van der Waals surface area contributed by atoms with Crippen molar-refractivity contribution < 1.29 is 19.0 Å². The van der Waals surface area contributed by atoms with Crippen molar-refractivity contribution in [2.45, 2.75) is 0 Å². The zero-order valence-electron chi connectivity index (χ0n) is 14.6. The second-order valence-electron chi connectivity index (χ2n) is 5.29. The first-order valence-corrected chi connectivity index (χ1v) is 8.60. The Morgan fingerprint density at radius 1 is 0.962 bits per heavy atom. The van der Waals surface area contributed by atoms with Gasteiger partial charge in [-0.15, -0.1) is 0 Å². The number of amidine groups is 1. The maximum atomic E-state index is 12.3. The molecule has 1 heterocycles. The van der Waals surface area contributed by atoms with E-state index in [1.807, 2.05) is 30.3 Å². The van der Waals surface area contributed by atoms with Gasteiger partial charge in [-0.05, 0) is 60.3 Å². The summed E-state index contributed by atoms with van der Waals surface area (Å²) >= 11 is 1.27. The first-order chi connectivity index (χ1) is 12.6. The van der Waals surface area contributed by atoms with Crippen LogP contribution < -0.4 is 19.5 Å². The van der Waals surface area contributed by atoms with Crippen LogP contribution in [0.5, 0.6) is 17.2 Å². The Bertz CT molecular complexity index is 876. The molecule has 1 fully saturated rings. The topological polar surface area (TPSA) is 69.2 Å². The number of methoxy groups -OCH3 is 3. The van der Waals surface area contributed by atoms with Gasteiger partial charge in [-0.1, -0.05) is 0 Å². The van der Waals surface area contributed by atoms with Crippen molar-refractivity contribution in [1.29, 1.82) is 0 Å². The molecular formula is C19H18N2O4S. The molecule has 1 N–H and O–H groups in total. The molecule has 7 heteroatoms. The lowest BCUT2D eigenvalue weighted by atomic mass is 10.1. The number of amides is 1. The quantitative estimate of drug-likeness (QED) is 0.815. The Kier molecular flexibility index (Phi) is 5.48. The number of ether oxygens (including phenoxy) is 3. The zero-order chi connectivity index (χ0) is 18.5. The van der Waals surface area contributed by atoms with Gasteiger partial charge in [0.1, 0.15) is 17.2 Å². The van der Waals surface area contributed by atoms with Crippen LogP contribution in [0, 0.1) is 0 Å². The molecule has 2 aromatic carbocycles. The molecule has 0 aromatic heterocycles. The largest absolute Gasteiger partial charge is 0.497 e. The normalized spacial score (nSPS) is 16.7. The highest BCUT2D eigenvalue weighted by atomic mass is 32.2. The first kappa shape index (κ1) is 17.9. The van der Waals surface area contributed by atoms with Gasteiger partial charge in [0.15, 0.2) is 5.17 Å². The summed E-state index contributed by atoms with van der Waals surface area (Å²) in [6.45, 7) is 0. The summed E-state index contributed by atoms with van der Waals surface area (Å²) in [5.74, 6) is 1.90. The minimum atomic E-state index is -0.202. The van der Waals surface area contributed by atoms with Crippen LogP contribution in [-0.2, 0) is 4.79 Å². The van der Waals surface area contributed by atoms with Crippen molar-refractivity contribution in [2.75, 3.05) is 21.3 Å². The number of hydrogen-bond acceptors (Lipinski definition) is 6. The standard InChI is InChI=1S/C19H18N2O4S/c1-23-14-6-4-13(5-7-14)20-19-21-18(22)17(26-19)11-12-10-15(24-2)8-9-16(12)25-3/h4-11H,1-3H3,(H,20,21,22)/b17-11-. The van der Waals surface area contributed by atoms with Crippen LogP contribution in [0.25, 0.3) is 6.08 Å². The second kappa shape index (κ2) is 7.97. The first-order valence-electron chi connectivity index (χ1n) is 7.78. The van der Waals surface area contributed by atoms with Crippen molar-refractivity contribution in [2.24, 2.45) is 4.99 Å². The molecule has 1 aliphatic rings. The highest BCUT2D eigenvalue weighted by Crippen LogP contribution is 2.32. The monoisotopic (exact) mass is 370 g/mol. The number of rotatable bonds is 5. The number of carbonyl (C=O) groups excluding carboxylic acids is 1. The van der Waals surface area contributed by atoms with Gasteiger partial charge in [-0.3, -0.25) is 4.79 Å². The molecule has 1 amide bonds. The number of nitrogens with zero attached hydrogens (tertiary/aromatic N) is 1. The van der Waals surface area contributed by atoms with E-state index >= 15 is 0 Å². The van der Waals surface area contributed by atoms with Crippen LogP contribution in [-0.4, -0.2) is 32.4 Å². The SMILES string of the molecule is COc1ccc(N=C2NC(=O)/C(=C/c3cc(OC)ccc3OC)S2)cc1. The minimum absolute atomic E-state index is 0.202. The molecule has 0 atom stereocenters. The van der Waals surface area contributed by atoms with Crippen LogP contribution >= 0.6 is 11.8 Å². The predicted octanol–water partition coefficient (Wildman–Crippen LogP) is 3.60. The van der Waals surface area contributed by atoms with Crippen molar-refractivity contribution in [3.8, 4) is 17.2 Å². The number of carbonyl (C=O) groups is 1. The molecule has 134 valence electrons. The molecule has 0 spiro atoms. The molecule has 0 radical (unpaired) electrons. The van der Waals surface area contributed by atoms with E-state index in [9.17, 15) is 4.79 Å². The lowest BCUT2D eigenvalue weighted by molar-refractivity contribution is -0.115. The van der Waals surface area contributed by atoms with Crippen LogP contribution in [0.15, 0.2) is 52.4 Å². The van der Waals surface area contributed by atoms with E-state index in [-0.39, 0.29) is 5.91 Å². The third-order valence-corrected chi connectivity index (χ3v) is 4.59. The van der Waals surface area contributed by atoms with Gasteiger partial charge in [0.05, 0.1) is 31.9 Å². The summed E-state index contributed by atoms with van der Waals surface area (Å²) in [6, 6.07) is 12.7. The van der Waals surface area contributed by atoms with Crippen molar-refractivity contribution in [1.82, 2.24) is 5.32 Å². The van der Waals surface area contributed by atoms with E-state index in [1.165, 1.54) is 11.8 Å². The highest BCUT2D eigenvalue weighted by molar-refractivity contribution is 8.18. The number of benzene rings is 2. The fraction of sp³-hybridized carbons (Fsp3) is 0.158. The minimum Gasteiger partial charge on any atom is -0.497 e. The van der Waals surface area contributed by atoms with Crippen LogP contribution in [0.4, 0.5) is 5.69 Å². The average molecular weight is 370 g/mol. The van der Waals surface area contributed by atoms with Gasteiger partial charge < -0.3 is 19.5 Å². The summed E-state index contributed by atoms with van der Waals surface area (Å²) in [5, 5.41) is 3.29. The molecule has 0 bridgehead atoms. The molecule has 0 saturated carbocycles. The third-order valence-electron chi connectivity index (χ3n) is 3.68. The molecule has 0 aliphatic carbocycles. The van der Waals surface area contributed by atoms with E-state index in [1.54, 1.807) is 39.5 Å². The van der Waals surface area contributed by atoms with E-state index in [2.05, 4.69) is 10.3 Å². The van der Waals surface area contributed by atoms with Crippen LogP contribution in [0.2, 0.25) is 0 Å². The molecular weight excluding hydrogens is 352 g/mol. The van der Waals surface area contributed by atoms with E-state index in [0.717, 1.165) is 17.0 Å². The molecule has 1 aliphatic heterocycles. The van der Waals surface area contributed by atoms with Gasteiger partial charge in [-0.2, -0.15) is 0 Å². The lowest BCUT2D eigenvalue weighted by Crippen LogP contribution is -2.19. The van der Waals surface area contributed by atoms with Gasteiger partial charge in [0, 0.05) is 5.56 Å². The number of thioether (sulfide) groups is 1. The van der Waals surface area contributed by atoms with E-state index in [4.69, 9.17) is 14.2 Å². The summed E-state index contributed by atoms with van der Waals surface area (Å²) in [7, 11) is 4.79. The Balaban J connectivity index is 1.85. The predicted molar refractivity (Wildman–Crippen MR) is 103 cm³/mol. The molecule has 3 rings (SSSR count). The maximum Gasteiger partial charge on any atom is 0.264 e. The van der Waals surface area contributed by atoms with Crippen molar-refractivity contribution >= 4 is 34.6 Å². The van der Waals surface area contributed by atoms with Crippen molar-refractivity contribution in [3.05, 3.63) is 52.9 Å². The summed E-state index contributed by atoms with van der Waals surface area (Å²) < 4.78 is 15.7. The molecule has 1 saturated heterocycles. The fourth-order valence-corrected chi connectivity index (χ4v) is 3.18. The van der Waals surface area contributed by atoms with E-state index < -0.39 is 0 Å². The summed E-state index contributed by atoms with van der Waals surface area (Å²) in [5.41, 5.74) is 1.49.